The van der Waals surface area contributed by atoms with E-state index in [1.165, 1.54) is 14.0 Å². The Morgan fingerprint density at radius 2 is 2.16 bits per heavy atom. The topological polar surface area (TPSA) is 73.6 Å². The summed E-state index contributed by atoms with van der Waals surface area (Å²) in [5.41, 5.74) is 6.45. The molecule has 0 heterocycles. The summed E-state index contributed by atoms with van der Waals surface area (Å²) in [7, 11) is 1.43. The van der Waals surface area contributed by atoms with E-state index in [-0.39, 0.29) is 0 Å². The number of carbonyl (C=O) groups is 1. The van der Waals surface area contributed by atoms with E-state index in [2.05, 4.69) is 5.32 Å². The van der Waals surface area contributed by atoms with Crippen LogP contribution in [0.1, 0.15) is 6.92 Å². The highest BCUT2D eigenvalue weighted by atomic mass is 19.3. The number of carbonyl (C=O) groups excluding carboxylic acids is 1. The van der Waals surface area contributed by atoms with E-state index in [0.717, 1.165) is 0 Å². The third kappa shape index (κ3) is 4.70. The molecule has 7 heteroatoms. The fourth-order valence-corrected chi connectivity index (χ4v) is 1.34. The summed E-state index contributed by atoms with van der Waals surface area (Å²) in [4.78, 5) is 11.7. The molecule has 0 bridgehead atoms. The third-order valence-electron chi connectivity index (χ3n) is 2.32. The number of benzene rings is 1. The number of hydrogen-bond acceptors (Lipinski definition) is 4. The summed E-state index contributed by atoms with van der Waals surface area (Å²) in [5.74, 6) is -0.155. The van der Waals surface area contributed by atoms with Crippen LogP contribution in [0.2, 0.25) is 0 Å². The normalized spacial score (nSPS) is 12.3. The number of nitrogens with one attached hydrogen (secondary N) is 1. The van der Waals surface area contributed by atoms with Gasteiger partial charge in [0, 0.05) is 11.8 Å². The predicted octanol–water partition coefficient (Wildman–Crippen LogP) is 1.89. The van der Waals surface area contributed by atoms with E-state index in [1.807, 2.05) is 0 Å². The first-order valence-electron chi connectivity index (χ1n) is 5.58. The van der Waals surface area contributed by atoms with Crippen LogP contribution in [-0.2, 0) is 9.53 Å². The zero-order valence-corrected chi connectivity index (χ0v) is 10.7. The van der Waals surface area contributed by atoms with Crippen molar-refractivity contribution < 1.29 is 23.0 Å². The number of anilines is 2. The Balaban J connectivity index is 2.66. The number of halogens is 2. The largest absolute Gasteiger partial charge is 0.494 e. The molecule has 106 valence electrons. The predicted molar refractivity (Wildman–Crippen MR) is 67.5 cm³/mol. The number of ether oxygens (including phenoxy) is 2. The maximum atomic E-state index is 12.0. The molecule has 1 atom stereocenters. The van der Waals surface area contributed by atoms with Crippen LogP contribution in [0.3, 0.4) is 0 Å². The van der Waals surface area contributed by atoms with Crippen molar-refractivity contribution in [2.75, 3.05) is 24.8 Å². The van der Waals surface area contributed by atoms with Gasteiger partial charge in [-0.3, -0.25) is 4.79 Å². The highest BCUT2D eigenvalue weighted by Gasteiger charge is 2.17. The molecule has 3 N–H and O–H groups in total. The first-order chi connectivity index (χ1) is 8.93. The lowest BCUT2D eigenvalue weighted by molar-refractivity contribution is -0.128. The van der Waals surface area contributed by atoms with Crippen LogP contribution in [0.5, 0.6) is 5.75 Å². The molecule has 0 aliphatic carbocycles. The molecule has 1 unspecified atom stereocenters. The first kappa shape index (κ1) is 15.2. The molecule has 19 heavy (non-hydrogen) atoms. The highest BCUT2D eigenvalue weighted by molar-refractivity contribution is 5.95. The van der Waals surface area contributed by atoms with E-state index in [0.29, 0.717) is 17.1 Å². The second-order valence-corrected chi connectivity index (χ2v) is 3.82. The zero-order chi connectivity index (χ0) is 14.4. The molecule has 0 aromatic heterocycles. The van der Waals surface area contributed by atoms with Crippen LogP contribution in [-0.4, -0.2) is 32.2 Å². The third-order valence-corrected chi connectivity index (χ3v) is 2.32. The monoisotopic (exact) mass is 274 g/mol. The summed E-state index contributed by atoms with van der Waals surface area (Å²) in [6, 6.07) is 4.69. The first-order valence-corrected chi connectivity index (χ1v) is 5.58. The van der Waals surface area contributed by atoms with Crippen LogP contribution < -0.4 is 15.8 Å². The second kappa shape index (κ2) is 6.89. The lowest BCUT2D eigenvalue weighted by Gasteiger charge is -2.15. The Kier molecular flexibility index (Phi) is 5.50. The zero-order valence-electron chi connectivity index (χ0n) is 10.7. The van der Waals surface area contributed by atoms with Crippen molar-refractivity contribution in [2.45, 2.75) is 19.5 Å². The van der Waals surface area contributed by atoms with Gasteiger partial charge in [-0.05, 0) is 19.1 Å². The van der Waals surface area contributed by atoms with Crippen molar-refractivity contribution in [3.05, 3.63) is 18.2 Å². The lowest BCUT2D eigenvalue weighted by atomic mass is 10.2. The number of rotatable bonds is 6. The van der Waals surface area contributed by atoms with Crippen molar-refractivity contribution in [3.8, 4) is 5.75 Å². The van der Waals surface area contributed by atoms with Gasteiger partial charge < -0.3 is 20.5 Å². The minimum absolute atomic E-state index is 0.384. The number of hydrogen-bond donors (Lipinski definition) is 2. The minimum atomic E-state index is -2.61. The van der Waals surface area contributed by atoms with Gasteiger partial charge in [0.1, 0.15) is 18.5 Å². The molecular weight excluding hydrogens is 258 g/mol. The van der Waals surface area contributed by atoms with Crippen molar-refractivity contribution >= 4 is 17.3 Å². The van der Waals surface area contributed by atoms with Crippen LogP contribution in [0, 0.1) is 0 Å². The van der Waals surface area contributed by atoms with Gasteiger partial charge in [0.15, 0.2) is 0 Å². The van der Waals surface area contributed by atoms with Gasteiger partial charge in [0.05, 0.1) is 12.8 Å². The second-order valence-electron chi connectivity index (χ2n) is 3.82. The average molecular weight is 274 g/mol. The molecule has 1 aromatic rings. The summed E-state index contributed by atoms with van der Waals surface area (Å²) >= 11 is 0. The van der Waals surface area contributed by atoms with Crippen LogP contribution in [0.4, 0.5) is 20.2 Å². The summed E-state index contributed by atoms with van der Waals surface area (Å²) in [6.45, 7) is 0.606. The molecule has 0 saturated heterocycles. The summed E-state index contributed by atoms with van der Waals surface area (Å²) in [6.07, 6.45) is -3.60. The van der Waals surface area contributed by atoms with E-state index in [1.54, 1.807) is 18.2 Å². The van der Waals surface area contributed by atoms with Crippen LogP contribution in [0.15, 0.2) is 18.2 Å². The fraction of sp³-hybridized carbons (Fsp3) is 0.417. The van der Waals surface area contributed by atoms with Gasteiger partial charge in [0.2, 0.25) is 0 Å². The van der Waals surface area contributed by atoms with Crippen LogP contribution in [0.25, 0.3) is 0 Å². The average Bonchev–Trinajstić information content (AvgIpc) is 2.37. The highest BCUT2D eigenvalue weighted by Crippen LogP contribution is 2.26. The Hall–Kier alpha value is -1.89. The molecule has 0 radical (unpaired) electrons. The van der Waals surface area contributed by atoms with Gasteiger partial charge >= 0.3 is 0 Å². The van der Waals surface area contributed by atoms with Crippen molar-refractivity contribution in [1.29, 1.82) is 0 Å². The van der Waals surface area contributed by atoms with E-state index in [9.17, 15) is 13.6 Å². The van der Waals surface area contributed by atoms with E-state index >= 15 is 0 Å². The van der Waals surface area contributed by atoms with E-state index < -0.39 is 25.0 Å². The van der Waals surface area contributed by atoms with Gasteiger partial charge in [-0.15, -0.1) is 0 Å². The van der Waals surface area contributed by atoms with Crippen molar-refractivity contribution in [3.63, 3.8) is 0 Å². The Labute approximate surface area is 109 Å². The number of nitrogen functional groups attached to an aromatic ring is 1. The number of alkyl halides is 2. The van der Waals surface area contributed by atoms with Gasteiger partial charge in [0.25, 0.3) is 12.3 Å². The number of methoxy groups -OCH3 is 1. The Morgan fingerprint density at radius 3 is 2.74 bits per heavy atom. The van der Waals surface area contributed by atoms with E-state index in [4.69, 9.17) is 15.2 Å². The maximum absolute atomic E-state index is 12.0. The quantitative estimate of drug-likeness (QED) is 0.777. The molecule has 5 nitrogen and oxygen atoms in total. The molecule has 0 spiro atoms. The fourth-order valence-electron chi connectivity index (χ4n) is 1.34. The molecule has 0 saturated carbocycles. The number of nitrogens with two attached hydrogens (primary N) is 1. The summed E-state index contributed by atoms with van der Waals surface area (Å²) in [5, 5.41) is 2.52. The number of amides is 1. The van der Waals surface area contributed by atoms with Gasteiger partial charge in [-0.2, -0.15) is 0 Å². The SMILES string of the molecule is COc1cc(N)ccc1NC(=O)C(C)OCC(F)F. The molecule has 1 amide bonds. The molecule has 0 aliphatic heterocycles. The molecular formula is C12H16F2N2O3. The Bertz CT molecular complexity index is 441. The van der Waals surface area contributed by atoms with Crippen molar-refractivity contribution in [2.24, 2.45) is 0 Å². The smallest absolute Gasteiger partial charge is 0.261 e. The standard InChI is InChI=1S/C12H16F2N2O3/c1-7(19-6-11(13)14)12(17)16-9-4-3-8(15)5-10(9)18-2/h3-5,7,11H,6,15H2,1-2H3,(H,16,17). The Morgan fingerprint density at radius 1 is 1.47 bits per heavy atom. The molecule has 0 fully saturated rings. The minimum Gasteiger partial charge on any atom is -0.494 e. The molecule has 0 aliphatic rings. The van der Waals surface area contributed by atoms with Crippen molar-refractivity contribution in [1.82, 2.24) is 0 Å². The lowest BCUT2D eigenvalue weighted by Crippen LogP contribution is -2.29. The van der Waals surface area contributed by atoms with Crippen LogP contribution >= 0.6 is 0 Å². The summed E-state index contributed by atoms with van der Waals surface area (Å²) < 4.78 is 33.7. The maximum Gasteiger partial charge on any atom is 0.261 e. The molecule has 1 aromatic carbocycles. The molecule has 1 rings (SSSR count). The van der Waals surface area contributed by atoms with Gasteiger partial charge in [-0.1, -0.05) is 0 Å². The van der Waals surface area contributed by atoms with Gasteiger partial charge in [-0.25, -0.2) is 8.78 Å².